The summed E-state index contributed by atoms with van der Waals surface area (Å²) in [6, 6.07) is 3.86. The van der Waals surface area contributed by atoms with Gasteiger partial charge in [0, 0.05) is 11.4 Å². The lowest BCUT2D eigenvalue weighted by Crippen LogP contribution is -2.42. The fraction of sp³-hybridized carbons (Fsp3) is 0.444. The number of nitrogens with zero attached hydrogens (tertiary/aromatic N) is 1. The molecule has 2 atom stereocenters. The summed E-state index contributed by atoms with van der Waals surface area (Å²) in [4.78, 5) is 48.8. The number of carboxylic acid groups (broad SMARTS) is 1. The van der Waals surface area contributed by atoms with Crippen molar-refractivity contribution in [1.82, 2.24) is 10.6 Å². The van der Waals surface area contributed by atoms with E-state index in [1.807, 2.05) is 13.8 Å². The minimum absolute atomic E-state index is 0.0764. The van der Waals surface area contributed by atoms with Gasteiger partial charge in [0.05, 0.1) is 5.69 Å². The largest absolute Gasteiger partial charge is 0.480 e. The molecule has 2 rings (SSSR count). The number of carbonyl (C=O) groups excluding carboxylic acids is 3. The summed E-state index contributed by atoms with van der Waals surface area (Å²) in [7, 11) is 0. The third-order valence-corrected chi connectivity index (χ3v) is 4.36. The van der Waals surface area contributed by atoms with Gasteiger partial charge in [-0.05, 0) is 43.0 Å². The van der Waals surface area contributed by atoms with Crippen LogP contribution in [-0.2, 0) is 14.4 Å². The molecule has 1 fully saturated rings. The minimum Gasteiger partial charge on any atom is -0.480 e. The number of nitrogens with one attached hydrogen (secondary N) is 2. The Balaban J connectivity index is 1.93. The number of imide groups is 1. The minimum atomic E-state index is -1.10. The third kappa shape index (κ3) is 5.43. The summed E-state index contributed by atoms with van der Waals surface area (Å²) in [5, 5.41) is 14.6. The molecule has 1 aromatic carbocycles. The number of hydrogen-bond donors (Lipinski definition) is 3. The van der Waals surface area contributed by atoms with Crippen LogP contribution in [0.2, 0.25) is 5.02 Å². The quantitative estimate of drug-likeness (QED) is 0.583. The van der Waals surface area contributed by atoms with Crippen molar-refractivity contribution in [1.29, 1.82) is 0 Å². The number of aliphatic carboxylic acids is 1. The molecule has 9 heteroatoms. The van der Waals surface area contributed by atoms with Gasteiger partial charge in [-0.1, -0.05) is 25.4 Å². The second-order valence-electron chi connectivity index (χ2n) is 6.78. The van der Waals surface area contributed by atoms with Crippen molar-refractivity contribution in [2.45, 2.75) is 45.2 Å². The van der Waals surface area contributed by atoms with Gasteiger partial charge in [0.1, 0.15) is 12.1 Å². The molecule has 0 aromatic heterocycles. The number of benzene rings is 1. The number of urea groups is 1. The van der Waals surface area contributed by atoms with E-state index >= 15 is 0 Å². The Labute approximate surface area is 161 Å². The highest BCUT2D eigenvalue weighted by Gasteiger charge is 2.39. The van der Waals surface area contributed by atoms with Crippen molar-refractivity contribution in [3.63, 3.8) is 0 Å². The van der Waals surface area contributed by atoms with Crippen LogP contribution in [0.15, 0.2) is 24.3 Å². The van der Waals surface area contributed by atoms with Crippen LogP contribution in [-0.4, -0.2) is 41.0 Å². The number of amides is 4. The molecule has 1 saturated heterocycles. The molecule has 0 aliphatic carbocycles. The Kier molecular flexibility index (Phi) is 6.79. The molecule has 1 aliphatic heterocycles. The predicted molar refractivity (Wildman–Crippen MR) is 99.5 cm³/mol. The van der Waals surface area contributed by atoms with E-state index in [-0.39, 0.29) is 18.8 Å². The average Bonchev–Trinajstić information content (AvgIpc) is 2.87. The Hall–Kier alpha value is -2.61. The van der Waals surface area contributed by atoms with Crippen molar-refractivity contribution < 1.29 is 24.3 Å². The lowest BCUT2D eigenvalue weighted by atomic mass is 10.0. The molecule has 3 N–H and O–H groups in total. The van der Waals surface area contributed by atoms with Crippen molar-refractivity contribution in [2.75, 3.05) is 4.90 Å². The summed E-state index contributed by atoms with van der Waals surface area (Å²) in [5.41, 5.74) is 0.386. The number of halogens is 1. The van der Waals surface area contributed by atoms with E-state index in [2.05, 4.69) is 10.6 Å². The molecule has 0 radical (unpaired) electrons. The fourth-order valence-corrected chi connectivity index (χ4v) is 2.92. The Morgan fingerprint density at radius 3 is 2.44 bits per heavy atom. The van der Waals surface area contributed by atoms with Gasteiger partial charge in [-0.2, -0.15) is 0 Å². The highest BCUT2D eigenvalue weighted by atomic mass is 35.5. The summed E-state index contributed by atoms with van der Waals surface area (Å²) < 4.78 is 0. The van der Waals surface area contributed by atoms with Gasteiger partial charge < -0.3 is 15.7 Å². The molecule has 2 unspecified atom stereocenters. The maximum absolute atomic E-state index is 12.5. The predicted octanol–water partition coefficient (Wildman–Crippen LogP) is 2.16. The second kappa shape index (κ2) is 8.85. The first-order chi connectivity index (χ1) is 12.7. The lowest BCUT2D eigenvalue weighted by Gasteiger charge is -2.17. The van der Waals surface area contributed by atoms with Crippen molar-refractivity contribution >= 4 is 41.1 Å². The Morgan fingerprint density at radius 1 is 1.26 bits per heavy atom. The number of carboxylic acids is 1. The molecule has 146 valence electrons. The zero-order chi connectivity index (χ0) is 20.1. The summed E-state index contributed by atoms with van der Waals surface area (Å²) in [6.07, 6.45) is 0.312. The molecule has 1 aliphatic rings. The van der Waals surface area contributed by atoms with Gasteiger partial charge in [-0.15, -0.1) is 0 Å². The molecule has 4 amide bonds. The first-order valence-corrected chi connectivity index (χ1v) is 8.99. The zero-order valence-electron chi connectivity index (χ0n) is 15.1. The molecule has 27 heavy (non-hydrogen) atoms. The monoisotopic (exact) mass is 395 g/mol. The second-order valence-corrected chi connectivity index (χ2v) is 7.22. The maximum Gasteiger partial charge on any atom is 0.329 e. The van der Waals surface area contributed by atoms with Crippen LogP contribution in [0, 0.1) is 5.92 Å². The van der Waals surface area contributed by atoms with Crippen LogP contribution in [0.5, 0.6) is 0 Å². The van der Waals surface area contributed by atoms with Gasteiger partial charge in [0.15, 0.2) is 0 Å². The van der Waals surface area contributed by atoms with Crippen LogP contribution in [0.3, 0.4) is 0 Å². The van der Waals surface area contributed by atoms with Crippen molar-refractivity contribution in [3.05, 3.63) is 29.3 Å². The number of carbonyl (C=O) groups is 4. The van der Waals surface area contributed by atoms with E-state index in [0.29, 0.717) is 17.1 Å². The summed E-state index contributed by atoms with van der Waals surface area (Å²) in [6.45, 7) is 3.72. The molecular formula is C18H22ClN3O5. The average molecular weight is 396 g/mol. The zero-order valence-corrected chi connectivity index (χ0v) is 15.8. The van der Waals surface area contributed by atoms with E-state index in [1.165, 1.54) is 0 Å². The smallest absolute Gasteiger partial charge is 0.329 e. The molecule has 1 aromatic rings. The molecule has 1 heterocycles. The van der Waals surface area contributed by atoms with E-state index in [4.69, 9.17) is 16.7 Å². The van der Waals surface area contributed by atoms with Crippen molar-refractivity contribution in [2.24, 2.45) is 5.92 Å². The van der Waals surface area contributed by atoms with E-state index in [0.717, 1.165) is 4.90 Å². The van der Waals surface area contributed by atoms with Gasteiger partial charge in [-0.25, -0.2) is 14.5 Å². The van der Waals surface area contributed by atoms with Gasteiger partial charge >= 0.3 is 12.0 Å². The van der Waals surface area contributed by atoms with Crippen LogP contribution in [0.4, 0.5) is 10.5 Å². The van der Waals surface area contributed by atoms with Crippen molar-refractivity contribution in [3.8, 4) is 0 Å². The summed E-state index contributed by atoms with van der Waals surface area (Å²) in [5.74, 6) is -1.94. The topological polar surface area (TPSA) is 116 Å². The van der Waals surface area contributed by atoms with E-state index in [9.17, 15) is 19.2 Å². The van der Waals surface area contributed by atoms with Crippen LogP contribution < -0.4 is 15.5 Å². The molecule has 0 bridgehead atoms. The van der Waals surface area contributed by atoms with Gasteiger partial charge in [0.25, 0.3) is 5.91 Å². The van der Waals surface area contributed by atoms with Gasteiger partial charge in [0.2, 0.25) is 5.91 Å². The highest BCUT2D eigenvalue weighted by Crippen LogP contribution is 2.23. The standard InChI is InChI=1S/C18H22ClN3O5/c1-10(2)9-14(17(25)26)20-15(23)8-7-13-16(24)22(18(27)21-13)12-5-3-11(19)4-6-12/h3-6,10,13-14H,7-9H2,1-2H3,(H,20,23)(H,21,27)(H,25,26). The highest BCUT2D eigenvalue weighted by molar-refractivity contribution is 6.30. The number of rotatable bonds is 8. The first-order valence-electron chi connectivity index (χ1n) is 8.61. The Morgan fingerprint density at radius 2 is 1.89 bits per heavy atom. The van der Waals surface area contributed by atoms with Gasteiger partial charge in [-0.3, -0.25) is 9.59 Å². The maximum atomic E-state index is 12.5. The number of hydrogen-bond acceptors (Lipinski definition) is 4. The fourth-order valence-electron chi connectivity index (χ4n) is 2.80. The Bertz CT molecular complexity index is 735. The summed E-state index contributed by atoms with van der Waals surface area (Å²) >= 11 is 5.81. The molecular weight excluding hydrogens is 374 g/mol. The first kappa shape index (κ1) is 20.7. The normalized spacial score (nSPS) is 17.8. The van der Waals surface area contributed by atoms with Crippen LogP contribution in [0.1, 0.15) is 33.1 Å². The number of anilines is 1. The third-order valence-electron chi connectivity index (χ3n) is 4.10. The van der Waals surface area contributed by atoms with Crippen LogP contribution in [0.25, 0.3) is 0 Å². The SMILES string of the molecule is CC(C)CC(NC(=O)CCC1NC(=O)N(c2ccc(Cl)cc2)C1=O)C(=O)O. The lowest BCUT2D eigenvalue weighted by molar-refractivity contribution is -0.142. The van der Waals surface area contributed by atoms with E-state index < -0.39 is 35.9 Å². The molecule has 0 saturated carbocycles. The van der Waals surface area contributed by atoms with Crippen LogP contribution >= 0.6 is 11.6 Å². The molecule has 8 nitrogen and oxygen atoms in total. The molecule has 0 spiro atoms. The van der Waals surface area contributed by atoms with E-state index in [1.54, 1.807) is 24.3 Å².